The number of rotatable bonds is 5. The molecule has 0 aliphatic carbocycles. The molecule has 1 aromatic heterocycles. The van der Waals surface area contributed by atoms with Gasteiger partial charge in [0.05, 0.1) is 21.3 Å². The normalized spacial score (nSPS) is 11.1. The van der Waals surface area contributed by atoms with E-state index in [1.165, 1.54) is 25.3 Å². The predicted octanol–water partition coefficient (Wildman–Crippen LogP) is 3.07. The summed E-state index contributed by atoms with van der Waals surface area (Å²) in [6, 6.07) is 5.55. The van der Waals surface area contributed by atoms with Crippen molar-refractivity contribution in [1.82, 2.24) is 0 Å². The summed E-state index contributed by atoms with van der Waals surface area (Å²) >= 11 is 2.81. The van der Waals surface area contributed by atoms with E-state index < -0.39 is 14.9 Å². The van der Waals surface area contributed by atoms with Gasteiger partial charge in [0.15, 0.2) is 4.21 Å². The van der Waals surface area contributed by atoms with Crippen molar-refractivity contribution >= 4 is 55.3 Å². The van der Waals surface area contributed by atoms with Crippen molar-refractivity contribution in [1.29, 1.82) is 0 Å². The summed E-state index contributed by atoms with van der Waals surface area (Å²) in [7, 11) is -2.41. The zero-order valence-corrected chi connectivity index (χ0v) is 14.4. The Morgan fingerprint density at radius 1 is 1.38 bits per heavy atom. The molecular formula is C11H9IN2O5S2. The predicted molar refractivity (Wildman–Crippen MR) is 87.5 cm³/mol. The Hall–Kier alpha value is -1.40. The van der Waals surface area contributed by atoms with Crippen molar-refractivity contribution in [2.24, 2.45) is 0 Å². The Morgan fingerprint density at radius 3 is 2.67 bits per heavy atom. The van der Waals surface area contributed by atoms with Crippen molar-refractivity contribution in [3.05, 3.63) is 43.3 Å². The highest BCUT2D eigenvalue weighted by atomic mass is 127. The van der Waals surface area contributed by atoms with Gasteiger partial charge in [0, 0.05) is 6.07 Å². The summed E-state index contributed by atoms with van der Waals surface area (Å²) in [6.07, 6.45) is 0. The van der Waals surface area contributed by atoms with Gasteiger partial charge in [-0.1, -0.05) is 0 Å². The van der Waals surface area contributed by atoms with Crippen LogP contribution in [0.25, 0.3) is 0 Å². The highest BCUT2D eigenvalue weighted by Crippen LogP contribution is 2.32. The number of nitrogens with zero attached hydrogens (tertiary/aromatic N) is 1. The van der Waals surface area contributed by atoms with Crippen LogP contribution in [0, 0.1) is 13.7 Å². The van der Waals surface area contributed by atoms with Crippen LogP contribution in [-0.4, -0.2) is 20.5 Å². The molecule has 0 aliphatic heterocycles. The summed E-state index contributed by atoms with van der Waals surface area (Å²) in [5.74, 6) is 0.254. The largest absolute Gasteiger partial charge is 0.494 e. The second-order valence-electron chi connectivity index (χ2n) is 3.81. The first-order valence-electron chi connectivity index (χ1n) is 5.43. The molecule has 0 saturated carbocycles. The second-order valence-corrected chi connectivity index (χ2v) is 7.76. The number of sulfonamides is 1. The molecule has 0 spiro atoms. The van der Waals surface area contributed by atoms with Crippen LogP contribution < -0.4 is 9.46 Å². The monoisotopic (exact) mass is 440 g/mol. The van der Waals surface area contributed by atoms with Gasteiger partial charge < -0.3 is 4.74 Å². The van der Waals surface area contributed by atoms with Crippen LogP contribution in [0.4, 0.5) is 11.4 Å². The van der Waals surface area contributed by atoms with E-state index in [2.05, 4.69) is 4.72 Å². The van der Waals surface area contributed by atoms with Crippen LogP contribution in [0.3, 0.4) is 0 Å². The van der Waals surface area contributed by atoms with Gasteiger partial charge in [-0.2, -0.15) is 0 Å². The van der Waals surface area contributed by atoms with Gasteiger partial charge >= 0.3 is 0 Å². The van der Waals surface area contributed by atoms with Gasteiger partial charge in [0.1, 0.15) is 5.75 Å². The van der Waals surface area contributed by atoms with Crippen LogP contribution in [0.2, 0.25) is 0 Å². The molecule has 10 heteroatoms. The quantitative estimate of drug-likeness (QED) is 0.438. The van der Waals surface area contributed by atoms with Crippen molar-refractivity contribution in [3.63, 3.8) is 0 Å². The average molecular weight is 440 g/mol. The molecule has 0 fully saturated rings. The van der Waals surface area contributed by atoms with Crippen molar-refractivity contribution < 1.29 is 18.1 Å². The number of nitro benzene ring substituents is 1. The molecule has 0 aliphatic rings. The van der Waals surface area contributed by atoms with Crippen LogP contribution in [0.15, 0.2) is 33.9 Å². The van der Waals surface area contributed by atoms with Crippen molar-refractivity contribution in [2.45, 2.75) is 4.21 Å². The molecule has 21 heavy (non-hydrogen) atoms. The van der Waals surface area contributed by atoms with Crippen molar-refractivity contribution in [3.8, 4) is 5.75 Å². The third-order valence-corrected chi connectivity index (χ3v) is 6.15. The molecule has 1 heterocycles. The first kappa shape index (κ1) is 16.0. The number of nitro groups is 1. The maximum Gasteiger partial charge on any atom is 0.282 e. The molecule has 0 atom stereocenters. The van der Waals surface area contributed by atoms with Gasteiger partial charge in [-0.3, -0.25) is 14.8 Å². The van der Waals surface area contributed by atoms with E-state index in [1.54, 1.807) is 34.0 Å². The molecule has 1 aromatic carbocycles. The molecule has 7 nitrogen and oxygen atoms in total. The number of anilines is 1. The van der Waals surface area contributed by atoms with Gasteiger partial charge in [0.2, 0.25) is 0 Å². The highest BCUT2D eigenvalue weighted by Gasteiger charge is 2.22. The van der Waals surface area contributed by atoms with E-state index in [-0.39, 0.29) is 21.3 Å². The van der Waals surface area contributed by atoms with E-state index in [0.29, 0.717) is 3.57 Å². The number of nitrogens with one attached hydrogen (secondary N) is 1. The molecule has 2 rings (SSSR count). The topological polar surface area (TPSA) is 98.5 Å². The Kier molecular flexibility index (Phi) is 4.68. The van der Waals surface area contributed by atoms with E-state index >= 15 is 0 Å². The SMILES string of the molecule is COc1ccsc1S(=O)(=O)Nc1ccc([N+](=O)[O-])c(I)c1. The van der Waals surface area contributed by atoms with Gasteiger partial charge in [-0.15, -0.1) is 11.3 Å². The van der Waals surface area contributed by atoms with Crippen LogP contribution in [-0.2, 0) is 10.0 Å². The Morgan fingerprint density at radius 2 is 2.10 bits per heavy atom. The molecule has 0 radical (unpaired) electrons. The molecule has 112 valence electrons. The minimum atomic E-state index is -3.79. The molecule has 1 N–H and O–H groups in total. The summed E-state index contributed by atoms with van der Waals surface area (Å²) in [5.41, 5.74) is 0.174. The summed E-state index contributed by atoms with van der Waals surface area (Å²) in [6.45, 7) is 0. The maximum atomic E-state index is 12.3. The fourth-order valence-electron chi connectivity index (χ4n) is 1.55. The van der Waals surface area contributed by atoms with Crippen LogP contribution in [0.5, 0.6) is 5.75 Å². The lowest BCUT2D eigenvalue weighted by molar-refractivity contribution is -0.385. The fourth-order valence-corrected chi connectivity index (χ4v) is 4.59. The molecular weight excluding hydrogens is 431 g/mol. The van der Waals surface area contributed by atoms with Gasteiger partial charge in [-0.05, 0) is 46.2 Å². The molecule has 0 unspecified atom stereocenters. The Balaban J connectivity index is 2.33. The Labute approximate surface area is 138 Å². The van der Waals surface area contributed by atoms with Crippen LogP contribution in [0.1, 0.15) is 0 Å². The maximum absolute atomic E-state index is 12.3. The minimum absolute atomic E-state index is 0.0540. The van der Waals surface area contributed by atoms with E-state index in [0.717, 1.165) is 11.3 Å². The number of hydrogen-bond acceptors (Lipinski definition) is 6. The number of halogens is 1. The lowest BCUT2D eigenvalue weighted by atomic mass is 10.3. The van der Waals surface area contributed by atoms with E-state index in [4.69, 9.17) is 4.74 Å². The zero-order chi connectivity index (χ0) is 15.6. The highest BCUT2D eigenvalue weighted by molar-refractivity contribution is 14.1. The number of methoxy groups -OCH3 is 1. The minimum Gasteiger partial charge on any atom is -0.494 e. The van der Waals surface area contributed by atoms with Crippen molar-refractivity contribution in [2.75, 3.05) is 11.8 Å². The number of hydrogen-bond donors (Lipinski definition) is 1. The number of ether oxygens (including phenoxy) is 1. The lowest BCUT2D eigenvalue weighted by Crippen LogP contribution is -2.12. The fraction of sp³-hybridized carbons (Fsp3) is 0.0909. The smallest absolute Gasteiger partial charge is 0.282 e. The van der Waals surface area contributed by atoms with E-state index in [9.17, 15) is 18.5 Å². The van der Waals surface area contributed by atoms with E-state index in [1.807, 2.05) is 0 Å². The molecule has 0 amide bonds. The first-order chi connectivity index (χ1) is 9.85. The third kappa shape index (κ3) is 3.44. The Bertz CT molecular complexity index is 788. The standard InChI is InChI=1S/C11H9IN2O5S2/c1-19-10-4-5-20-11(10)21(17,18)13-7-2-3-9(14(15)16)8(12)6-7/h2-6,13H,1H3. The molecule has 0 saturated heterocycles. The first-order valence-corrected chi connectivity index (χ1v) is 8.87. The summed E-state index contributed by atoms with van der Waals surface area (Å²) < 4.78 is 32.3. The summed E-state index contributed by atoms with van der Waals surface area (Å²) in [4.78, 5) is 10.2. The third-order valence-electron chi connectivity index (χ3n) is 2.46. The summed E-state index contributed by atoms with van der Waals surface area (Å²) in [5, 5.41) is 12.3. The zero-order valence-electron chi connectivity index (χ0n) is 10.6. The molecule has 0 bridgehead atoms. The van der Waals surface area contributed by atoms with Crippen LogP contribution >= 0.6 is 33.9 Å². The second kappa shape index (κ2) is 6.15. The average Bonchev–Trinajstić information content (AvgIpc) is 2.86. The van der Waals surface area contributed by atoms with Gasteiger partial charge in [0.25, 0.3) is 15.7 Å². The van der Waals surface area contributed by atoms with Gasteiger partial charge in [-0.25, -0.2) is 8.42 Å². The number of thiophene rings is 1. The molecule has 2 aromatic rings. The number of benzene rings is 1. The lowest BCUT2D eigenvalue weighted by Gasteiger charge is -2.08.